The van der Waals surface area contributed by atoms with Crippen molar-refractivity contribution in [1.82, 2.24) is 5.48 Å². The van der Waals surface area contributed by atoms with E-state index < -0.39 is 27.9 Å². The van der Waals surface area contributed by atoms with E-state index in [9.17, 15) is 14.9 Å². The zero-order valence-corrected chi connectivity index (χ0v) is 18.6. The van der Waals surface area contributed by atoms with E-state index in [-0.39, 0.29) is 21.3 Å². The van der Waals surface area contributed by atoms with Gasteiger partial charge >= 0.3 is 0 Å². The molecule has 3 rings (SSSR count). The second-order valence-corrected chi connectivity index (χ2v) is 8.56. The van der Waals surface area contributed by atoms with Gasteiger partial charge in [0.15, 0.2) is 5.82 Å². The number of amides is 1. The first-order valence-corrected chi connectivity index (χ1v) is 10.5. The molecular weight excluding hydrogens is 548 g/mol. The van der Waals surface area contributed by atoms with Crippen LogP contribution in [0.4, 0.5) is 21.5 Å². The Kier molecular flexibility index (Phi) is 7.13. The Labute approximate surface area is 192 Å². The summed E-state index contributed by atoms with van der Waals surface area (Å²) in [6.45, 7) is 0. The standard InChI is InChI=1S/C19H12ClFIN3O4S/c20-13-8-10(22)6-7-14(13)23-17-12(19(26)24-27)9-15(25(28)29)18(16(17)21)30-11-4-2-1-3-5-11/h1-9,23,27H,(H,24,26). The van der Waals surface area contributed by atoms with Crippen LogP contribution in [0.1, 0.15) is 10.4 Å². The Hall–Kier alpha value is -2.41. The van der Waals surface area contributed by atoms with Crippen LogP contribution in [0, 0.1) is 19.5 Å². The van der Waals surface area contributed by atoms with Crippen molar-refractivity contribution in [3.8, 4) is 0 Å². The van der Waals surface area contributed by atoms with Gasteiger partial charge in [0.2, 0.25) is 0 Å². The molecule has 11 heteroatoms. The fourth-order valence-electron chi connectivity index (χ4n) is 2.54. The predicted molar refractivity (Wildman–Crippen MR) is 120 cm³/mol. The van der Waals surface area contributed by atoms with Crippen molar-refractivity contribution in [2.45, 2.75) is 9.79 Å². The lowest BCUT2D eigenvalue weighted by Crippen LogP contribution is -2.21. The molecule has 7 nitrogen and oxygen atoms in total. The maximum absolute atomic E-state index is 15.5. The van der Waals surface area contributed by atoms with Crippen LogP contribution < -0.4 is 10.8 Å². The van der Waals surface area contributed by atoms with Crippen molar-refractivity contribution in [1.29, 1.82) is 0 Å². The third-order valence-corrected chi connectivity index (χ3v) is 5.98. The highest BCUT2D eigenvalue weighted by Gasteiger charge is 2.29. The molecule has 0 aliphatic rings. The second kappa shape index (κ2) is 9.60. The Balaban J connectivity index is 2.20. The van der Waals surface area contributed by atoms with E-state index >= 15 is 4.39 Å². The lowest BCUT2D eigenvalue weighted by Gasteiger charge is -2.16. The van der Waals surface area contributed by atoms with Crippen LogP contribution in [0.5, 0.6) is 0 Å². The average Bonchev–Trinajstić information content (AvgIpc) is 2.72. The number of carbonyl (C=O) groups is 1. The summed E-state index contributed by atoms with van der Waals surface area (Å²) in [6, 6.07) is 14.3. The largest absolute Gasteiger partial charge is 0.351 e. The Morgan fingerprint density at radius 2 is 1.90 bits per heavy atom. The Morgan fingerprint density at radius 3 is 2.50 bits per heavy atom. The highest BCUT2D eigenvalue weighted by Crippen LogP contribution is 2.42. The van der Waals surface area contributed by atoms with Crippen molar-refractivity contribution in [2.24, 2.45) is 0 Å². The Morgan fingerprint density at radius 1 is 1.20 bits per heavy atom. The fourth-order valence-corrected chi connectivity index (χ4v) is 4.41. The van der Waals surface area contributed by atoms with Crippen molar-refractivity contribution < 1.29 is 19.3 Å². The molecular formula is C19H12ClFIN3O4S. The molecule has 0 spiro atoms. The third-order valence-electron chi connectivity index (χ3n) is 3.90. The monoisotopic (exact) mass is 559 g/mol. The fraction of sp³-hybridized carbons (Fsp3) is 0. The van der Waals surface area contributed by atoms with Crippen LogP contribution >= 0.6 is 46.0 Å². The van der Waals surface area contributed by atoms with Gasteiger partial charge in [-0.15, -0.1) is 0 Å². The van der Waals surface area contributed by atoms with Crippen LogP contribution in [-0.4, -0.2) is 16.0 Å². The molecule has 154 valence electrons. The Bertz CT molecular complexity index is 1130. The molecule has 0 aliphatic heterocycles. The van der Waals surface area contributed by atoms with Crippen LogP contribution in [-0.2, 0) is 0 Å². The highest BCUT2D eigenvalue weighted by molar-refractivity contribution is 14.1. The molecule has 0 heterocycles. The first-order chi connectivity index (χ1) is 14.3. The van der Waals surface area contributed by atoms with Crippen LogP contribution in [0.2, 0.25) is 5.02 Å². The summed E-state index contributed by atoms with van der Waals surface area (Å²) >= 11 is 9.09. The van der Waals surface area contributed by atoms with Gasteiger partial charge in [0, 0.05) is 14.5 Å². The number of nitro benzene ring substituents is 1. The topological polar surface area (TPSA) is 104 Å². The van der Waals surface area contributed by atoms with Crippen LogP contribution in [0.15, 0.2) is 64.4 Å². The van der Waals surface area contributed by atoms with Gasteiger partial charge in [-0.1, -0.05) is 41.6 Å². The summed E-state index contributed by atoms with van der Waals surface area (Å²) < 4.78 is 16.4. The van der Waals surface area contributed by atoms with Gasteiger partial charge in [0.1, 0.15) is 4.90 Å². The van der Waals surface area contributed by atoms with E-state index in [0.717, 1.165) is 21.4 Å². The molecule has 0 unspecified atom stereocenters. The quantitative estimate of drug-likeness (QED) is 0.148. The minimum atomic E-state index is -1.11. The number of hydroxylamine groups is 1. The zero-order valence-electron chi connectivity index (χ0n) is 14.9. The zero-order chi connectivity index (χ0) is 21.8. The predicted octanol–water partition coefficient (Wildman–Crippen LogP) is 6.01. The van der Waals surface area contributed by atoms with Crippen LogP contribution in [0.25, 0.3) is 0 Å². The number of benzene rings is 3. The van der Waals surface area contributed by atoms with E-state index in [1.807, 2.05) is 0 Å². The summed E-state index contributed by atoms with van der Waals surface area (Å²) in [6.07, 6.45) is 0. The molecule has 0 bridgehead atoms. The smallest absolute Gasteiger partial charge is 0.287 e. The van der Waals surface area contributed by atoms with Gasteiger partial charge in [-0.25, -0.2) is 9.87 Å². The van der Waals surface area contributed by atoms with Crippen LogP contribution in [0.3, 0.4) is 0 Å². The molecule has 30 heavy (non-hydrogen) atoms. The van der Waals surface area contributed by atoms with Gasteiger partial charge in [-0.05, 0) is 52.9 Å². The summed E-state index contributed by atoms with van der Waals surface area (Å²) in [4.78, 5) is 23.2. The van der Waals surface area contributed by atoms with Gasteiger partial charge in [-0.2, -0.15) is 0 Å². The van der Waals surface area contributed by atoms with E-state index in [4.69, 9.17) is 16.8 Å². The molecule has 3 aromatic carbocycles. The summed E-state index contributed by atoms with van der Waals surface area (Å²) in [5.41, 5.74) is 0.254. The van der Waals surface area contributed by atoms with E-state index in [0.29, 0.717) is 4.90 Å². The molecule has 0 fully saturated rings. The summed E-state index contributed by atoms with van der Waals surface area (Å²) in [5, 5.41) is 23.6. The van der Waals surface area contributed by atoms with Crippen molar-refractivity contribution in [3.05, 3.63) is 84.7 Å². The molecule has 3 N–H and O–H groups in total. The minimum absolute atomic E-state index is 0.257. The minimum Gasteiger partial charge on any atom is -0.351 e. The van der Waals surface area contributed by atoms with Crippen molar-refractivity contribution in [3.63, 3.8) is 0 Å². The number of rotatable bonds is 6. The molecule has 0 aromatic heterocycles. The molecule has 0 saturated heterocycles. The lowest BCUT2D eigenvalue weighted by atomic mass is 10.1. The first-order valence-electron chi connectivity index (χ1n) is 8.22. The SMILES string of the molecule is O=C(NO)c1cc([N+](=O)[O-])c(Sc2ccccc2)c(F)c1Nc1ccc(I)cc1Cl. The molecule has 0 saturated carbocycles. The van der Waals surface area contributed by atoms with Gasteiger partial charge in [0.05, 0.1) is 26.9 Å². The second-order valence-electron chi connectivity index (χ2n) is 5.82. The third kappa shape index (κ3) is 4.83. The molecule has 0 aliphatic carbocycles. The van der Waals surface area contributed by atoms with Gasteiger partial charge < -0.3 is 5.32 Å². The number of nitrogens with one attached hydrogen (secondary N) is 2. The molecule has 0 atom stereocenters. The van der Waals surface area contributed by atoms with E-state index in [1.165, 1.54) is 5.48 Å². The van der Waals surface area contributed by atoms with Gasteiger partial charge in [-0.3, -0.25) is 20.1 Å². The maximum atomic E-state index is 15.5. The lowest BCUT2D eigenvalue weighted by molar-refractivity contribution is -0.388. The number of halogens is 3. The number of nitro groups is 1. The first kappa shape index (κ1) is 22.3. The summed E-state index contributed by atoms with van der Waals surface area (Å²) in [7, 11) is 0. The highest BCUT2D eigenvalue weighted by atomic mass is 127. The normalized spacial score (nSPS) is 10.5. The van der Waals surface area contributed by atoms with Crippen molar-refractivity contribution >= 4 is 68.9 Å². The number of hydrogen-bond donors (Lipinski definition) is 3. The van der Waals surface area contributed by atoms with Gasteiger partial charge in [0.25, 0.3) is 11.6 Å². The number of nitrogens with zero attached hydrogens (tertiary/aromatic N) is 1. The number of anilines is 2. The summed E-state index contributed by atoms with van der Waals surface area (Å²) in [5.74, 6) is -2.14. The number of hydrogen-bond acceptors (Lipinski definition) is 6. The molecule has 1 amide bonds. The van der Waals surface area contributed by atoms with Crippen molar-refractivity contribution in [2.75, 3.05) is 5.32 Å². The maximum Gasteiger partial charge on any atom is 0.287 e. The molecule has 3 aromatic rings. The average molecular weight is 560 g/mol. The van der Waals surface area contributed by atoms with E-state index in [2.05, 4.69) is 27.9 Å². The number of carbonyl (C=O) groups excluding carboxylic acids is 1. The van der Waals surface area contributed by atoms with E-state index in [1.54, 1.807) is 48.5 Å². The molecule has 0 radical (unpaired) electrons.